The van der Waals surface area contributed by atoms with Crippen LogP contribution >= 0.6 is 23.4 Å². The Labute approximate surface area is 132 Å². The van der Waals surface area contributed by atoms with E-state index in [0.717, 1.165) is 12.8 Å². The number of amides is 2. The Morgan fingerprint density at radius 3 is 2.48 bits per heavy atom. The molecule has 1 saturated carbocycles. The molecule has 2 rings (SSSR count). The van der Waals surface area contributed by atoms with Gasteiger partial charge >= 0.3 is 12.0 Å². The standard InChI is InChI=1S/C14H17ClN2O3S/c1-21-14(6-7-14)9-16-13(20)17(8-12(18)19)11-4-2-10(15)3-5-11/h2-5H,6-9H2,1H3,(H,16,20)(H,18,19). The van der Waals surface area contributed by atoms with E-state index < -0.39 is 12.0 Å². The zero-order valence-electron chi connectivity index (χ0n) is 11.6. The van der Waals surface area contributed by atoms with Crippen LogP contribution in [-0.4, -0.2) is 41.2 Å². The lowest BCUT2D eigenvalue weighted by atomic mass is 10.3. The first-order valence-corrected chi connectivity index (χ1v) is 8.14. The van der Waals surface area contributed by atoms with Gasteiger partial charge in [-0.2, -0.15) is 11.8 Å². The van der Waals surface area contributed by atoms with Crippen molar-refractivity contribution >= 4 is 41.1 Å². The van der Waals surface area contributed by atoms with Crippen molar-refractivity contribution in [3.8, 4) is 0 Å². The quantitative estimate of drug-likeness (QED) is 0.842. The Kier molecular flexibility index (Phi) is 5.00. The summed E-state index contributed by atoms with van der Waals surface area (Å²) in [5.41, 5.74) is 0.508. The van der Waals surface area contributed by atoms with Crippen LogP contribution in [0.25, 0.3) is 0 Å². The summed E-state index contributed by atoms with van der Waals surface area (Å²) in [6, 6.07) is 6.12. The molecule has 0 spiro atoms. The highest BCUT2D eigenvalue weighted by Crippen LogP contribution is 2.46. The monoisotopic (exact) mass is 328 g/mol. The number of carboxylic acids is 1. The summed E-state index contributed by atoms with van der Waals surface area (Å²) < 4.78 is 0.130. The topological polar surface area (TPSA) is 69.6 Å². The van der Waals surface area contributed by atoms with Crippen molar-refractivity contribution in [2.45, 2.75) is 17.6 Å². The molecule has 0 radical (unpaired) electrons. The number of hydrogen-bond donors (Lipinski definition) is 2. The summed E-state index contributed by atoms with van der Waals surface area (Å²) in [5.74, 6) is -1.06. The van der Waals surface area contributed by atoms with E-state index in [1.54, 1.807) is 36.0 Å². The van der Waals surface area contributed by atoms with E-state index in [1.165, 1.54) is 4.90 Å². The van der Waals surface area contributed by atoms with Gasteiger partial charge in [-0.05, 0) is 43.4 Å². The van der Waals surface area contributed by atoms with Gasteiger partial charge in [-0.1, -0.05) is 11.6 Å². The molecule has 1 aromatic carbocycles. The third-order valence-electron chi connectivity index (χ3n) is 3.48. The molecule has 0 aromatic heterocycles. The van der Waals surface area contributed by atoms with Crippen molar-refractivity contribution < 1.29 is 14.7 Å². The predicted molar refractivity (Wildman–Crippen MR) is 85.3 cm³/mol. The fourth-order valence-electron chi connectivity index (χ4n) is 1.96. The van der Waals surface area contributed by atoms with Gasteiger partial charge in [0.15, 0.2) is 0 Å². The van der Waals surface area contributed by atoms with Gasteiger partial charge in [-0.15, -0.1) is 0 Å². The van der Waals surface area contributed by atoms with Crippen molar-refractivity contribution in [1.29, 1.82) is 0 Å². The third kappa shape index (κ3) is 4.28. The van der Waals surface area contributed by atoms with Crippen molar-refractivity contribution in [3.05, 3.63) is 29.3 Å². The van der Waals surface area contributed by atoms with E-state index in [9.17, 15) is 9.59 Å². The van der Waals surface area contributed by atoms with E-state index in [1.807, 2.05) is 6.26 Å². The third-order valence-corrected chi connectivity index (χ3v) is 5.15. The van der Waals surface area contributed by atoms with Gasteiger partial charge < -0.3 is 10.4 Å². The first kappa shape index (κ1) is 16.0. The number of nitrogens with one attached hydrogen (secondary N) is 1. The van der Waals surface area contributed by atoms with E-state index >= 15 is 0 Å². The number of carboxylic acid groups (broad SMARTS) is 1. The molecule has 2 N–H and O–H groups in total. The maximum absolute atomic E-state index is 12.3. The van der Waals surface area contributed by atoms with Crippen LogP contribution in [0.5, 0.6) is 0 Å². The molecule has 0 aliphatic heterocycles. The second-order valence-corrected chi connectivity index (χ2v) is 6.71. The molecular formula is C14H17ClN2O3S. The maximum Gasteiger partial charge on any atom is 0.323 e. The molecule has 2 amide bonds. The summed E-state index contributed by atoms with van der Waals surface area (Å²) in [6.07, 6.45) is 4.18. The van der Waals surface area contributed by atoms with E-state index in [2.05, 4.69) is 5.32 Å². The number of rotatable bonds is 6. The maximum atomic E-state index is 12.3. The molecule has 0 saturated heterocycles. The number of aliphatic carboxylic acids is 1. The number of benzene rings is 1. The van der Waals surface area contributed by atoms with Crippen molar-refractivity contribution in [2.75, 3.05) is 24.2 Å². The molecule has 1 aliphatic rings. The number of carbonyl (C=O) groups is 2. The van der Waals surface area contributed by atoms with E-state index in [0.29, 0.717) is 17.3 Å². The fourth-order valence-corrected chi connectivity index (χ4v) is 2.81. The van der Waals surface area contributed by atoms with Crippen LogP contribution in [0.2, 0.25) is 5.02 Å². The van der Waals surface area contributed by atoms with Gasteiger partial charge in [0, 0.05) is 22.0 Å². The highest BCUT2D eigenvalue weighted by Gasteiger charge is 2.42. The fraction of sp³-hybridized carbons (Fsp3) is 0.429. The summed E-state index contributed by atoms with van der Waals surface area (Å²) in [4.78, 5) is 24.4. The molecule has 1 aliphatic carbocycles. The Morgan fingerprint density at radius 1 is 1.38 bits per heavy atom. The predicted octanol–water partition coefficient (Wildman–Crippen LogP) is 2.84. The highest BCUT2D eigenvalue weighted by atomic mass is 35.5. The molecular weight excluding hydrogens is 312 g/mol. The van der Waals surface area contributed by atoms with Crippen LogP contribution < -0.4 is 10.2 Å². The number of anilines is 1. The van der Waals surface area contributed by atoms with E-state index in [-0.39, 0.29) is 11.3 Å². The van der Waals surface area contributed by atoms with Crippen LogP contribution in [0.4, 0.5) is 10.5 Å². The number of nitrogens with zero attached hydrogens (tertiary/aromatic N) is 1. The average Bonchev–Trinajstić information content (AvgIpc) is 3.24. The lowest BCUT2D eigenvalue weighted by Gasteiger charge is -2.23. The zero-order chi connectivity index (χ0) is 15.5. The van der Waals surface area contributed by atoms with Gasteiger partial charge in [0.05, 0.1) is 0 Å². The highest BCUT2D eigenvalue weighted by molar-refractivity contribution is 8.00. The van der Waals surface area contributed by atoms with Crippen LogP contribution in [0.1, 0.15) is 12.8 Å². The molecule has 0 bridgehead atoms. The Balaban J connectivity index is 2.06. The molecule has 0 heterocycles. The first-order chi connectivity index (χ1) is 9.96. The number of carbonyl (C=O) groups excluding carboxylic acids is 1. The molecule has 0 unspecified atom stereocenters. The minimum atomic E-state index is -1.06. The van der Waals surface area contributed by atoms with Crippen molar-refractivity contribution in [3.63, 3.8) is 0 Å². The summed E-state index contributed by atoms with van der Waals surface area (Å²) in [5, 5.41) is 12.3. The summed E-state index contributed by atoms with van der Waals surface area (Å²) in [6.45, 7) is 0.163. The van der Waals surface area contributed by atoms with E-state index in [4.69, 9.17) is 16.7 Å². The molecule has 1 aromatic rings. The van der Waals surface area contributed by atoms with Gasteiger partial charge in [-0.3, -0.25) is 9.69 Å². The smallest absolute Gasteiger partial charge is 0.323 e. The van der Waals surface area contributed by atoms with Crippen LogP contribution in [0, 0.1) is 0 Å². The molecule has 1 fully saturated rings. The second-order valence-electron chi connectivity index (χ2n) is 5.00. The van der Waals surface area contributed by atoms with Gasteiger partial charge in [-0.25, -0.2) is 4.79 Å². The van der Waals surface area contributed by atoms with Crippen molar-refractivity contribution in [1.82, 2.24) is 5.32 Å². The number of urea groups is 1. The molecule has 21 heavy (non-hydrogen) atoms. The Hall–Kier alpha value is -1.40. The SMILES string of the molecule is CSC1(CNC(=O)N(CC(=O)O)c2ccc(Cl)cc2)CC1. The van der Waals surface area contributed by atoms with Gasteiger partial charge in [0.1, 0.15) is 6.54 Å². The molecule has 7 heteroatoms. The first-order valence-electron chi connectivity index (χ1n) is 6.54. The summed E-state index contributed by atoms with van der Waals surface area (Å²) >= 11 is 7.55. The lowest BCUT2D eigenvalue weighted by Crippen LogP contribution is -2.45. The summed E-state index contributed by atoms with van der Waals surface area (Å²) in [7, 11) is 0. The number of thioether (sulfide) groups is 1. The number of hydrogen-bond acceptors (Lipinski definition) is 3. The van der Waals surface area contributed by atoms with Crippen LogP contribution in [0.3, 0.4) is 0 Å². The Morgan fingerprint density at radius 2 is 2.00 bits per heavy atom. The number of halogens is 1. The van der Waals surface area contributed by atoms with Crippen LogP contribution in [0.15, 0.2) is 24.3 Å². The zero-order valence-corrected chi connectivity index (χ0v) is 13.2. The molecule has 0 atom stereocenters. The molecule has 5 nitrogen and oxygen atoms in total. The van der Waals surface area contributed by atoms with Crippen LogP contribution in [-0.2, 0) is 4.79 Å². The minimum absolute atomic E-state index is 0.130. The largest absolute Gasteiger partial charge is 0.480 e. The lowest BCUT2D eigenvalue weighted by molar-refractivity contribution is -0.135. The Bertz CT molecular complexity index is 532. The van der Waals surface area contributed by atoms with Crippen molar-refractivity contribution in [2.24, 2.45) is 0 Å². The molecule has 114 valence electrons. The van der Waals surface area contributed by atoms with Gasteiger partial charge in [0.25, 0.3) is 0 Å². The second kappa shape index (κ2) is 6.58. The average molecular weight is 329 g/mol. The van der Waals surface area contributed by atoms with Gasteiger partial charge in [0.2, 0.25) is 0 Å². The normalized spacial score (nSPS) is 15.3. The minimum Gasteiger partial charge on any atom is -0.480 e.